The summed E-state index contributed by atoms with van der Waals surface area (Å²) in [5, 5.41) is 10.2. The molecule has 0 spiro atoms. The molecule has 4 rings (SSSR count). The van der Waals surface area contributed by atoms with E-state index in [1.807, 2.05) is 48.5 Å². The Morgan fingerprint density at radius 3 is 2.31 bits per heavy atom. The first kappa shape index (κ1) is 25.9. The minimum atomic E-state index is -3.70. The molecule has 0 bridgehead atoms. The summed E-state index contributed by atoms with van der Waals surface area (Å²) in [6.45, 7) is 10.9. The second kappa shape index (κ2) is 10.9. The molecule has 3 unspecified atom stereocenters. The van der Waals surface area contributed by atoms with Crippen molar-refractivity contribution < 1.29 is 13.5 Å². The Bertz CT molecular complexity index is 1280. The highest BCUT2D eigenvalue weighted by Gasteiger charge is 2.34. The number of rotatable bonds is 8. The summed E-state index contributed by atoms with van der Waals surface area (Å²) in [5.41, 5.74) is 2.57. The van der Waals surface area contributed by atoms with Gasteiger partial charge in [-0.15, -0.1) is 6.58 Å². The number of phenolic OH excluding ortho intramolecular Hbond substituents is 1. The Morgan fingerprint density at radius 1 is 0.972 bits per heavy atom. The molecule has 7 heteroatoms. The Balaban J connectivity index is 1.69. The smallest absolute Gasteiger partial charge is 0.264 e. The zero-order valence-electron chi connectivity index (χ0n) is 21.2. The lowest BCUT2D eigenvalue weighted by molar-refractivity contribution is 0.0306. The Labute approximate surface area is 215 Å². The van der Waals surface area contributed by atoms with Crippen LogP contribution in [0.25, 0.3) is 0 Å². The molecule has 0 aromatic heterocycles. The molecule has 36 heavy (non-hydrogen) atoms. The number of piperazine rings is 1. The van der Waals surface area contributed by atoms with Gasteiger partial charge in [0.05, 0.1) is 16.6 Å². The summed E-state index contributed by atoms with van der Waals surface area (Å²) in [5.74, 6) is 0.215. The summed E-state index contributed by atoms with van der Waals surface area (Å²) < 4.78 is 27.9. The van der Waals surface area contributed by atoms with Crippen molar-refractivity contribution in [1.29, 1.82) is 0 Å². The van der Waals surface area contributed by atoms with Gasteiger partial charge in [-0.25, -0.2) is 8.42 Å². The van der Waals surface area contributed by atoms with E-state index >= 15 is 0 Å². The van der Waals surface area contributed by atoms with E-state index in [9.17, 15) is 13.5 Å². The van der Waals surface area contributed by atoms with E-state index in [4.69, 9.17) is 0 Å². The lowest BCUT2D eigenvalue weighted by atomic mass is 9.93. The summed E-state index contributed by atoms with van der Waals surface area (Å²) in [7, 11) is -2.13. The lowest BCUT2D eigenvalue weighted by Crippen LogP contribution is -2.57. The fraction of sp³-hybridized carbons (Fsp3) is 0.310. The van der Waals surface area contributed by atoms with Crippen molar-refractivity contribution in [2.75, 3.05) is 31.0 Å². The van der Waals surface area contributed by atoms with Crippen LogP contribution >= 0.6 is 0 Å². The summed E-state index contributed by atoms with van der Waals surface area (Å²) in [6, 6.07) is 24.0. The fourth-order valence-corrected chi connectivity index (χ4v) is 6.23. The Morgan fingerprint density at radius 2 is 1.67 bits per heavy atom. The van der Waals surface area contributed by atoms with Crippen LogP contribution in [0.5, 0.6) is 5.75 Å². The van der Waals surface area contributed by atoms with Crippen LogP contribution in [0, 0.1) is 0 Å². The van der Waals surface area contributed by atoms with Crippen molar-refractivity contribution >= 4 is 15.7 Å². The molecule has 3 aromatic carbocycles. The SMILES string of the molecule is C=CCN1CC(C)N(C(c2ccc(S(=O)(=O)N(C)c3ccccc3)cc2)c2cccc(O)c2)CC1C. The molecule has 0 aliphatic carbocycles. The Kier molecular flexibility index (Phi) is 7.83. The van der Waals surface area contributed by atoms with Crippen molar-refractivity contribution in [1.82, 2.24) is 9.80 Å². The molecule has 1 heterocycles. The van der Waals surface area contributed by atoms with Crippen LogP contribution in [0.2, 0.25) is 0 Å². The number of anilines is 1. The topological polar surface area (TPSA) is 64.1 Å². The minimum absolute atomic E-state index is 0.121. The maximum Gasteiger partial charge on any atom is 0.264 e. The first-order valence-corrected chi connectivity index (χ1v) is 13.7. The number of aromatic hydroxyl groups is 1. The van der Waals surface area contributed by atoms with Crippen molar-refractivity contribution in [2.24, 2.45) is 0 Å². The third-order valence-electron chi connectivity index (χ3n) is 7.02. The molecular weight excluding hydrogens is 470 g/mol. The molecule has 1 fully saturated rings. The second-order valence-electron chi connectivity index (χ2n) is 9.51. The minimum Gasteiger partial charge on any atom is -0.508 e. The van der Waals surface area contributed by atoms with Gasteiger partial charge in [0.1, 0.15) is 5.75 Å². The van der Waals surface area contributed by atoms with E-state index in [0.29, 0.717) is 11.7 Å². The lowest BCUT2D eigenvalue weighted by Gasteiger charge is -2.47. The van der Waals surface area contributed by atoms with Gasteiger partial charge in [-0.2, -0.15) is 0 Å². The van der Waals surface area contributed by atoms with Crippen molar-refractivity contribution in [3.8, 4) is 5.75 Å². The number of sulfonamides is 1. The zero-order valence-corrected chi connectivity index (χ0v) is 22.0. The number of para-hydroxylation sites is 1. The highest BCUT2D eigenvalue weighted by molar-refractivity contribution is 7.92. The van der Waals surface area contributed by atoms with Gasteiger partial charge in [-0.3, -0.25) is 14.1 Å². The van der Waals surface area contributed by atoms with E-state index in [0.717, 1.165) is 30.8 Å². The average molecular weight is 506 g/mol. The van der Waals surface area contributed by atoms with Crippen LogP contribution in [0.3, 0.4) is 0 Å². The van der Waals surface area contributed by atoms with Gasteiger partial charge in [0, 0.05) is 38.8 Å². The van der Waals surface area contributed by atoms with E-state index in [2.05, 4.69) is 30.2 Å². The molecule has 1 saturated heterocycles. The monoisotopic (exact) mass is 505 g/mol. The highest BCUT2D eigenvalue weighted by atomic mass is 32.2. The maximum absolute atomic E-state index is 13.3. The third-order valence-corrected chi connectivity index (χ3v) is 8.82. The number of hydrogen-bond acceptors (Lipinski definition) is 5. The molecule has 1 aliphatic rings. The van der Waals surface area contributed by atoms with E-state index in [-0.39, 0.29) is 22.7 Å². The van der Waals surface area contributed by atoms with Crippen LogP contribution in [0.4, 0.5) is 5.69 Å². The first-order valence-electron chi connectivity index (χ1n) is 12.3. The van der Waals surface area contributed by atoms with E-state index in [1.54, 1.807) is 43.4 Å². The summed E-state index contributed by atoms with van der Waals surface area (Å²) >= 11 is 0. The molecular formula is C29H35N3O3S. The number of nitrogens with zero attached hydrogens (tertiary/aromatic N) is 3. The number of phenols is 1. The molecule has 0 saturated carbocycles. The van der Waals surface area contributed by atoms with Gasteiger partial charge >= 0.3 is 0 Å². The van der Waals surface area contributed by atoms with E-state index < -0.39 is 10.0 Å². The van der Waals surface area contributed by atoms with Crippen LogP contribution < -0.4 is 4.31 Å². The molecule has 6 nitrogen and oxygen atoms in total. The van der Waals surface area contributed by atoms with Crippen molar-refractivity contribution in [3.05, 3.63) is 103 Å². The van der Waals surface area contributed by atoms with Gasteiger partial charge in [0.2, 0.25) is 0 Å². The highest BCUT2D eigenvalue weighted by Crippen LogP contribution is 2.35. The zero-order chi connectivity index (χ0) is 25.9. The van der Waals surface area contributed by atoms with Crippen LogP contribution in [-0.2, 0) is 10.0 Å². The maximum atomic E-state index is 13.3. The van der Waals surface area contributed by atoms with Crippen molar-refractivity contribution in [2.45, 2.75) is 36.9 Å². The molecule has 0 radical (unpaired) electrons. The predicted octanol–water partition coefficient (Wildman–Crippen LogP) is 4.89. The molecule has 3 aromatic rings. The molecule has 1 N–H and O–H groups in total. The standard InChI is InChI=1S/C29H35N3O3S/c1-5-18-31-20-23(3)32(21-22(31)2)29(25-10-9-13-27(33)19-25)24-14-16-28(17-15-24)36(34,35)30(4)26-11-7-6-8-12-26/h5-17,19,22-23,29,33H,1,18,20-21H2,2-4H3. The van der Waals surface area contributed by atoms with Gasteiger partial charge in [0.25, 0.3) is 10.0 Å². The quantitative estimate of drug-likeness (QED) is 0.442. The first-order chi connectivity index (χ1) is 17.2. The van der Waals surface area contributed by atoms with Gasteiger partial charge < -0.3 is 5.11 Å². The predicted molar refractivity (Wildman–Crippen MR) is 146 cm³/mol. The van der Waals surface area contributed by atoms with Gasteiger partial charge in [-0.1, -0.05) is 48.5 Å². The van der Waals surface area contributed by atoms with Gasteiger partial charge in [0.15, 0.2) is 0 Å². The third kappa shape index (κ3) is 5.33. The molecule has 1 aliphatic heterocycles. The van der Waals surface area contributed by atoms with Crippen LogP contribution in [0.1, 0.15) is 31.0 Å². The number of benzene rings is 3. The van der Waals surface area contributed by atoms with Crippen LogP contribution in [0.15, 0.2) is 96.4 Å². The molecule has 3 atom stereocenters. The number of hydrogen-bond donors (Lipinski definition) is 1. The van der Waals surface area contributed by atoms with Crippen molar-refractivity contribution in [3.63, 3.8) is 0 Å². The Hall–Kier alpha value is -3.13. The normalized spacial score (nSPS) is 20.1. The summed E-state index contributed by atoms with van der Waals surface area (Å²) in [6.07, 6.45) is 1.94. The largest absolute Gasteiger partial charge is 0.508 e. The van der Waals surface area contributed by atoms with Gasteiger partial charge in [-0.05, 0) is 61.4 Å². The molecule has 0 amide bonds. The molecule has 190 valence electrons. The van der Waals surface area contributed by atoms with Crippen LogP contribution in [-0.4, -0.2) is 62.1 Å². The van der Waals surface area contributed by atoms with E-state index in [1.165, 1.54) is 4.31 Å². The second-order valence-corrected chi connectivity index (χ2v) is 11.5. The summed E-state index contributed by atoms with van der Waals surface area (Å²) in [4.78, 5) is 5.10. The fourth-order valence-electron chi connectivity index (χ4n) is 5.03. The average Bonchev–Trinajstić information content (AvgIpc) is 2.87.